The van der Waals surface area contributed by atoms with Gasteiger partial charge in [-0.15, -0.1) is 0 Å². The van der Waals surface area contributed by atoms with Crippen molar-refractivity contribution in [2.24, 2.45) is 0 Å². The molecule has 128 valence electrons. The summed E-state index contributed by atoms with van der Waals surface area (Å²) in [4.78, 5) is 10.0. The van der Waals surface area contributed by atoms with Crippen molar-refractivity contribution in [2.45, 2.75) is 18.5 Å². The van der Waals surface area contributed by atoms with E-state index < -0.39 is 21.8 Å². The minimum absolute atomic E-state index is 0. The fourth-order valence-corrected chi connectivity index (χ4v) is 0.584. The molecule has 1 unspecified atom stereocenters. The number of hydrogen-bond donors (Lipinski definition) is 0. The first-order chi connectivity index (χ1) is 9.45. The summed E-state index contributed by atoms with van der Waals surface area (Å²) in [6, 6.07) is 0. The van der Waals surface area contributed by atoms with Gasteiger partial charge in [0.2, 0.25) is 0 Å². The third-order valence-corrected chi connectivity index (χ3v) is 2.08. The van der Waals surface area contributed by atoms with Crippen LogP contribution >= 0.6 is 0 Å². The van der Waals surface area contributed by atoms with Crippen molar-refractivity contribution in [2.75, 3.05) is 34.0 Å². The van der Waals surface area contributed by atoms with Gasteiger partial charge in [0.25, 0.3) is 0 Å². The molecule has 0 amide bonds. The molecule has 1 saturated heterocycles. The molecule has 1 rings (SSSR count). The van der Waals surface area contributed by atoms with Crippen LogP contribution in [0.15, 0.2) is 0 Å². The zero-order chi connectivity index (χ0) is 17.1. The predicted molar refractivity (Wildman–Crippen MR) is 61.4 cm³/mol. The number of cyclic esters (lactones) is 2. The molecule has 1 heterocycles. The van der Waals surface area contributed by atoms with E-state index >= 15 is 0 Å². The fourth-order valence-electron chi connectivity index (χ4n) is 0.584. The number of methoxy groups -OCH3 is 2. The molecular weight excluding hydrogens is 332 g/mol. The molecule has 0 aromatic rings. The van der Waals surface area contributed by atoms with Gasteiger partial charge in [-0.25, -0.2) is 13.2 Å². The first-order valence-electron chi connectivity index (χ1n) is 5.29. The third-order valence-electron chi connectivity index (χ3n) is 1.51. The van der Waals surface area contributed by atoms with E-state index in [2.05, 4.69) is 18.9 Å². The zero-order valence-corrected chi connectivity index (χ0v) is 13.3. The normalized spacial score (nSPS) is 16.9. The van der Waals surface area contributed by atoms with Crippen LogP contribution in [0.1, 0.15) is 6.92 Å². The van der Waals surface area contributed by atoms with Crippen LogP contribution in [0.3, 0.4) is 0 Å². The Morgan fingerprint density at radius 2 is 1.64 bits per heavy atom. The van der Waals surface area contributed by atoms with Gasteiger partial charge in [0.1, 0.15) is 12.7 Å². The summed E-state index contributed by atoms with van der Waals surface area (Å²) in [5.74, 6) is 0. The minimum atomic E-state index is -6.09. The molecule has 0 spiro atoms. The van der Waals surface area contributed by atoms with Crippen LogP contribution in [-0.2, 0) is 29.1 Å². The molecule has 1 fully saturated rings. The van der Waals surface area contributed by atoms with Gasteiger partial charge in [0.05, 0.1) is 13.2 Å². The van der Waals surface area contributed by atoms with Crippen LogP contribution in [0.4, 0.5) is 18.0 Å². The standard InChI is InChI=1S/C4H6O3.C4H10O2.CHF3O3S.Li/c1-3-2-6-4(5)7-3;1-5-3-4-6-2;2-1(3,4)8(5,6)7;/h3H,2H2,1H3;3-4H2,1-2H3;(H,5,6,7);/q;;;+1/p-1. The molecule has 0 aliphatic carbocycles. The number of carbonyl (C=O) groups excluding carboxylic acids is 1. The van der Waals surface area contributed by atoms with Crippen LogP contribution in [0.2, 0.25) is 0 Å². The zero-order valence-electron chi connectivity index (χ0n) is 12.5. The summed E-state index contributed by atoms with van der Waals surface area (Å²) >= 11 is 0. The van der Waals surface area contributed by atoms with Crippen molar-refractivity contribution in [1.82, 2.24) is 0 Å². The molecule has 13 heteroatoms. The van der Waals surface area contributed by atoms with Crippen LogP contribution in [0.5, 0.6) is 0 Å². The van der Waals surface area contributed by atoms with E-state index in [4.69, 9.17) is 13.0 Å². The van der Waals surface area contributed by atoms with Gasteiger partial charge in [0, 0.05) is 14.2 Å². The molecule has 1 aliphatic heterocycles. The molecule has 0 radical (unpaired) electrons. The van der Waals surface area contributed by atoms with Gasteiger partial charge in [-0.1, -0.05) is 0 Å². The van der Waals surface area contributed by atoms with Crippen molar-refractivity contribution >= 4 is 16.3 Å². The van der Waals surface area contributed by atoms with Gasteiger partial charge in [0.15, 0.2) is 10.1 Å². The van der Waals surface area contributed by atoms with Crippen LogP contribution in [0.25, 0.3) is 0 Å². The molecule has 8 nitrogen and oxygen atoms in total. The van der Waals surface area contributed by atoms with Gasteiger partial charge in [-0.3, -0.25) is 0 Å². The number of hydrogen-bond acceptors (Lipinski definition) is 8. The average molecular weight is 348 g/mol. The van der Waals surface area contributed by atoms with Gasteiger partial charge in [-0.05, 0) is 6.92 Å². The van der Waals surface area contributed by atoms with E-state index in [0.29, 0.717) is 19.8 Å². The molecule has 0 aromatic carbocycles. The van der Waals surface area contributed by atoms with E-state index in [1.807, 2.05) is 0 Å². The van der Waals surface area contributed by atoms with Crippen molar-refractivity contribution in [3.63, 3.8) is 0 Å². The van der Waals surface area contributed by atoms with E-state index in [1.54, 1.807) is 21.1 Å². The van der Waals surface area contributed by atoms with Crippen molar-refractivity contribution in [3.05, 3.63) is 0 Å². The molecule has 1 atom stereocenters. The summed E-state index contributed by atoms with van der Waals surface area (Å²) in [5.41, 5.74) is -5.65. The number of halogens is 3. The Kier molecular flexibility index (Phi) is 15.6. The van der Waals surface area contributed by atoms with E-state index in [9.17, 15) is 18.0 Å². The summed E-state index contributed by atoms with van der Waals surface area (Å²) in [5, 5.41) is 0. The first-order valence-corrected chi connectivity index (χ1v) is 6.70. The third kappa shape index (κ3) is 15.9. The maximum absolute atomic E-state index is 10.7. The molecule has 22 heavy (non-hydrogen) atoms. The maximum Gasteiger partial charge on any atom is 1.00 e. The maximum atomic E-state index is 10.7. The molecule has 1 aliphatic rings. The topological polar surface area (TPSA) is 111 Å². The van der Waals surface area contributed by atoms with Crippen molar-refractivity contribution in [1.29, 1.82) is 0 Å². The summed E-state index contributed by atoms with van der Waals surface area (Å²) in [6.45, 7) is 3.57. The number of ether oxygens (including phenoxy) is 4. The fraction of sp³-hybridized carbons (Fsp3) is 0.889. The summed E-state index contributed by atoms with van der Waals surface area (Å²) in [7, 11) is -2.79. The largest absolute Gasteiger partial charge is 1.00 e. The molecule has 0 aromatic heterocycles. The Balaban J connectivity index is -0.000000243. The smallest absolute Gasteiger partial charge is 0.741 e. The van der Waals surface area contributed by atoms with Crippen LogP contribution in [-0.4, -0.2) is 64.8 Å². The predicted octanol–water partition coefficient (Wildman–Crippen LogP) is -2.12. The minimum Gasteiger partial charge on any atom is -0.741 e. The first kappa shape index (κ1) is 26.4. The second kappa shape index (κ2) is 13.0. The van der Waals surface area contributed by atoms with E-state index in [1.165, 1.54) is 0 Å². The van der Waals surface area contributed by atoms with E-state index in [-0.39, 0.29) is 25.0 Å². The van der Waals surface area contributed by atoms with Gasteiger partial charge >= 0.3 is 30.5 Å². The van der Waals surface area contributed by atoms with Crippen molar-refractivity contribution in [3.8, 4) is 0 Å². The monoisotopic (exact) mass is 348 g/mol. The summed E-state index contributed by atoms with van der Waals surface area (Å²) in [6.07, 6.45) is -0.597. The van der Waals surface area contributed by atoms with Crippen LogP contribution in [0, 0.1) is 0 Å². The van der Waals surface area contributed by atoms with E-state index in [0.717, 1.165) is 0 Å². The molecular formula is C9H16F3LiO8S. The second-order valence-electron chi connectivity index (χ2n) is 3.37. The summed E-state index contributed by atoms with van der Waals surface area (Å²) < 4.78 is 77.1. The molecule has 0 saturated carbocycles. The Bertz CT molecular complexity index is 383. The Morgan fingerprint density at radius 3 is 1.73 bits per heavy atom. The Hall–Kier alpha value is -0.513. The molecule has 0 bridgehead atoms. The van der Waals surface area contributed by atoms with Gasteiger partial charge in [-0.2, -0.15) is 13.2 Å². The quantitative estimate of drug-likeness (QED) is 0.187. The van der Waals surface area contributed by atoms with Crippen LogP contribution < -0.4 is 18.9 Å². The average Bonchev–Trinajstić information content (AvgIpc) is 2.69. The molecule has 0 N–H and O–H groups in total. The second-order valence-corrected chi connectivity index (χ2v) is 4.75. The van der Waals surface area contributed by atoms with Crippen molar-refractivity contribution < 1.29 is 68.7 Å². The Labute approximate surface area is 138 Å². The number of rotatable bonds is 3. The number of alkyl halides is 3. The van der Waals surface area contributed by atoms with Gasteiger partial charge < -0.3 is 23.5 Å². The SMILES string of the molecule is CC1COC(=O)O1.COCCOC.O=S(=O)([O-])C(F)(F)F.[Li+]. The number of carbonyl (C=O) groups is 1. The Morgan fingerprint density at radius 1 is 1.27 bits per heavy atom.